The van der Waals surface area contributed by atoms with Crippen LogP contribution in [0.25, 0.3) is 10.2 Å². The SMILES string of the molecule is CCCC(O)(c1nc2cccc(Br)c2s1)c1cnccc1C(C)C. The van der Waals surface area contributed by atoms with Gasteiger partial charge in [-0.3, -0.25) is 4.98 Å². The third-order valence-corrected chi connectivity index (χ3v) is 6.43. The van der Waals surface area contributed by atoms with Crippen molar-refractivity contribution in [3.63, 3.8) is 0 Å². The normalized spacial score (nSPS) is 14.2. The van der Waals surface area contributed by atoms with E-state index in [1.54, 1.807) is 23.7 Å². The Bertz CT molecular complexity index is 861. The summed E-state index contributed by atoms with van der Waals surface area (Å²) in [4.78, 5) is 9.03. The lowest BCUT2D eigenvalue weighted by Gasteiger charge is -2.29. The van der Waals surface area contributed by atoms with Gasteiger partial charge in [0.2, 0.25) is 0 Å². The Morgan fingerprint density at radius 1 is 1.29 bits per heavy atom. The Kier molecular flexibility index (Phi) is 5.04. The number of pyridine rings is 1. The van der Waals surface area contributed by atoms with Gasteiger partial charge in [0, 0.05) is 22.4 Å². The van der Waals surface area contributed by atoms with Gasteiger partial charge in [-0.25, -0.2) is 4.98 Å². The van der Waals surface area contributed by atoms with Crippen molar-refractivity contribution in [2.75, 3.05) is 0 Å². The van der Waals surface area contributed by atoms with Crippen LogP contribution in [0.15, 0.2) is 41.1 Å². The summed E-state index contributed by atoms with van der Waals surface area (Å²) in [6, 6.07) is 7.97. The molecule has 0 saturated carbocycles. The summed E-state index contributed by atoms with van der Waals surface area (Å²) in [7, 11) is 0. The first-order valence-corrected chi connectivity index (χ1v) is 9.80. The third-order valence-electron chi connectivity index (χ3n) is 4.25. The summed E-state index contributed by atoms with van der Waals surface area (Å²) in [5.41, 5.74) is 1.80. The number of nitrogens with zero attached hydrogens (tertiary/aromatic N) is 2. The van der Waals surface area contributed by atoms with Crippen LogP contribution in [0.3, 0.4) is 0 Å². The Hall–Kier alpha value is -1.30. The highest BCUT2D eigenvalue weighted by Crippen LogP contribution is 2.42. The van der Waals surface area contributed by atoms with Crippen LogP contribution in [0.1, 0.15) is 55.7 Å². The summed E-state index contributed by atoms with van der Waals surface area (Å²) < 4.78 is 2.08. The molecule has 3 aromatic rings. The van der Waals surface area contributed by atoms with E-state index >= 15 is 0 Å². The van der Waals surface area contributed by atoms with E-state index in [1.807, 2.05) is 24.3 Å². The van der Waals surface area contributed by atoms with E-state index in [-0.39, 0.29) is 0 Å². The number of fused-ring (bicyclic) bond motifs is 1. The van der Waals surface area contributed by atoms with Crippen molar-refractivity contribution in [2.24, 2.45) is 0 Å². The Morgan fingerprint density at radius 2 is 2.08 bits per heavy atom. The molecule has 3 rings (SSSR count). The molecule has 0 radical (unpaired) electrons. The van der Waals surface area contributed by atoms with Crippen LogP contribution in [0.2, 0.25) is 0 Å². The van der Waals surface area contributed by atoms with E-state index in [9.17, 15) is 5.11 Å². The minimum atomic E-state index is -1.11. The van der Waals surface area contributed by atoms with Gasteiger partial charge in [-0.1, -0.05) is 33.3 Å². The molecule has 0 fully saturated rings. The molecular weight excluding hydrogens is 384 g/mol. The molecule has 0 aliphatic carbocycles. The number of aliphatic hydroxyl groups is 1. The lowest BCUT2D eigenvalue weighted by Crippen LogP contribution is -2.29. The van der Waals surface area contributed by atoms with Crippen LogP contribution in [-0.2, 0) is 5.60 Å². The van der Waals surface area contributed by atoms with E-state index < -0.39 is 5.60 Å². The highest BCUT2D eigenvalue weighted by atomic mass is 79.9. The van der Waals surface area contributed by atoms with Gasteiger partial charge in [0.05, 0.1) is 10.2 Å². The minimum Gasteiger partial charge on any atom is -0.378 e. The maximum absolute atomic E-state index is 11.7. The molecule has 5 heteroatoms. The molecule has 0 aliphatic rings. The summed E-state index contributed by atoms with van der Waals surface area (Å²) >= 11 is 5.14. The van der Waals surface area contributed by atoms with E-state index in [0.717, 1.165) is 37.2 Å². The fourth-order valence-corrected chi connectivity index (χ4v) is 4.77. The molecule has 126 valence electrons. The van der Waals surface area contributed by atoms with Crippen LogP contribution >= 0.6 is 27.3 Å². The largest absolute Gasteiger partial charge is 0.378 e. The summed E-state index contributed by atoms with van der Waals surface area (Å²) in [6.45, 7) is 6.36. The van der Waals surface area contributed by atoms with Crippen LogP contribution in [0.4, 0.5) is 0 Å². The van der Waals surface area contributed by atoms with Gasteiger partial charge < -0.3 is 5.11 Å². The van der Waals surface area contributed by atoms with Gasteiger partial charge in [-0.15, -0.1) is 11.3 Å². The maximum atomic E-state index is 11.7. The second-order valence-electron chi connectivity index (χ2n) is 6.34. The first kappa shape index (κ1) is 17.5. The number of rotatable bonds is 5. The highest BCUT2D eigenvalue weighted by Gasteiger charge is 2.37. The van der Waals surface area contributed by atoms with E-state index in [4.69, 9.17) is 4.98 Å². The molecule has 1 unspecified atom stereocenters. The van der Waals surface area contributed by atoms with Gasteiger partial charge in [0.15, 0.2) is 0 Å². The van der Waals surface area contributed by atoms with Gasteiger partial charge in [-0.05, 0) is 52.0 Å². The van der Waals surface area contributed by atoms with Crippen molar-refractivity contribution >= 4 is 37.5 Å². The smallest absolute Gasteiger partial charge is 0.143 e. The molecule has 1 N–H and O–H groups in total. The Labute approximate surface area is 154 Å². The fraction of sp³-hybridized carbons (Fsp3) is 0.368. The maximum Gasteiger partial charge on any atom is 0.143 e. The average Bonchev–Trinajstić information content (AvgIpc) is 3.01. The predicted octanol–water partition coefficient (Wildman–Crippen LogP) is 5.61. The van der Waals surface area contributed by atoms with Gasteiger partial charge in [0.1, 0.15) is 10.6 Å². The molecule has 1 aromatic carbocycles. The zero-order valence-corrected chi connectivity index (χ0v) is 16.5. The number of benzene rings is 1. The van der Waals surface area contributed by atoms with Crippen molar-refractivity contribution < 1.29 is 5.11 Å². The van der Waals surface area contributed by atoms with Gasteiger partial charge in [-0.2, -0.15) is 0 Å². The summed E-state index contributed by atoms with van der Waals surface area (Å²) in [5, 5.41) is 12.4. The number of hydrogen-bond donors (Lipinski definition) is 1. The minimum absolute atomic E-state index is 0.312. The van der Waals surface area contributed by atoms with E-state index in [1.165, 1.54) is 0 Å². The van der Waals surface area contributed by atoms with E-state index in [0.29, 0.717) is 12.3 Å². The zero-order chi connectivity index (χ0) is 17.3. The quantitative estimate of drug-likeness (QED) is 0.600. The molecule has 2 heterocycles. The second kappa shape index (κ2) is 6.90. The average molecular weight is 405 g/mol. The molecule has 0 saturated heterocycles. The molecular formula is C19H21BrN2OS. The summed E-state index contributed by atoms with van der Waals surface area (Å²) in [6.07, 6.45) is 5.07. The standard InChI is InChI=1S/C19H21BrN2OS/c1-4-9-19(23,14-11-21-10-8-13(14)12(2)3)18-22-16-7-5-6-15(20)17(16)24-18/h5-8,10-12,23H,4,9H2,1-3H3. The first-order chi connectivity index (χ1) is 11.5. The number of hydrogen-bond acceptors (Lipinski definition) is 4. The second-order valence-corrected chi connectivity index (χ2v) is 8.19. The van der Waals surface area contributed by atoms with Crippen molar-refractivity contribution in [3.8, 4) is 0 Å². The molecule has 24 heavy (non-hydrogen) atoms. The van der Waals surface area contributed by atoms with Crippen molar-refractivity contribution in [3.05, 3.63) is 57.3 Å². The van der Waals surface area contributed by atoms with Crippen LogP contribution in [0, 0.1) is 0 Å². The van der Waals surface area contributed by atoms with Gasteiger partial charge >= 0.3 is 0 Å². The molecule has 0 spiro atoms. The number of halogens is 1. The van der Waals surface area contributed by atoms with Crippen molar-refractivity contribution in [1.82, 2.24) is 9.97 Å². The zero-order valence-electron chi connectivity index (χ0n) is 14.1. The Morgan fingerprint density at radius 3 is 2.75 bits per heavy atom. The predicted molar refractivity (Wildman–Crippen MR) is 104 cm³/mol. The molecule has 0 aliphatic heterocycles. The number of aromatic nitrogens is 2. The first-order valence-electron chi connectivity index (χ1n) is 8.19. The molecule has 0 amide bonds. The molecule has 2 aromatic heterocycles. The lowest BCUT2D eigenvalue weighted by molar-refractivity contribution is 0.0685. The van der Waals surface area contributed by atoms with Crippen LogP contribution in [0.5, 0.6) is 0 Å². The third kappa shape index (κ3) is 3.01. The van der Waals surface area contributed by atoms with Crippen LogP contribution < -0.4 is 0 Å². The summed E-state index contributed by atoms with van der Waals surface area (Å²) in [5.74, 6) is 0.312. The van der Waals surface area contributed by atoms with Crippen molar-refractivity contribution in [2.45, 2.75) is 45.1 Å². The number of thiazole rings is 1. The van der Waals surface area contributed by atoms with Crippen molar-refractivity contribution in [1.29, 1.82) is 0 Å². The topological polar surface area (TPSA) is 46.0 Å². The Balaban J connectivity index is 2.23. The lowest BCUT2D eigenvalue weighted by atomic mass is 9.84. The fourth-order valence-electron chi connectivity index (χ4n) is 3.07. The van der Waals surface area contributed by atoms with E-state index in [2.05, 4.69) is 41.7 Å². The van der Waals surface area contributed by atoms with Gasteiger partial charge in [0.25, 0.3) is 0 Å². The molecule has 0 bridgehead atoms. The monoisotopic (exact) mass is 404 g/mol. The van der Waals surface area contributed by atoms with Crippen LogP contribution in [-0.4, -0.2) is 15.1 Å². The molecule has 3 nitrogen and oxygen atoms in total. The highest BCUT2D eigenvalue weighted by molar-refractivity contribution is 9.10. The molecule has 1 atom stereocenters.